The Morgan fingerprint density at radius 2 is 1.68 bits per heavy atom. The van der Waals surface area contributed by atoms with Crippen LogP contribution in [-0.2, 0) is 4.79 Å². The van der Waals surface area contributed by atoms with Crippen LogP contribution in [0.2, 0.25) is 5.02 Å². The number of benzene rings is 2. The fourth-order valence-corrected chi connectivity index (χ4v) is 4.51. The molecule has 2 aromatic rings. The van der Waals surface area contributed by atoms with E-state index in [9.17, 15) is 4.79 Å². The van der Waals surface area contributed by atoms with E-state index >= 15 is 0 Å². The monoisotopic (exact) mass is 521 g/mol. The molecule has 0 aromatic heterocycles. The number of hydrogen-bond acceptors (Lipinski definition) is 7. The van der Waals surface area contributed by atoms with Gasteiger partial charge < -0.3 is 24.3 Å². The molecular weight excluding hydrogens is 494 g/mol. The number of carbonyl (C=O) groups is 1. The molecule has 1 saturated heterocycles. The normalized spacial score (nSPS) is 14.3. The highest BCUT2D eigenvalue weighted by Crippen LogP contribution is 2.38. The molecule has 0 spiro atoms. The van der Waals surface area contributed by atoms with E-state index in [1.54, 1.807) is 18.2 Å². The van der Waals surface area contributed by atoms with Crippen LogP contribution in [0.15, 0.2) is 41.3 Å². The number of unbranched alkanes of at least 4 members (excludes halogenated alkanes) is 3. The summed E-state index contributed by atoms with van der Waals surface area (Å²) in [5.41, 5.74) is 0.709. The molecule has 0 aliphatic carbocycles. The third-order valence-corrected chi connectivity index (χ3v) is 6.32. The van der Waals surface area contributed by atoms with Crippen molar-refractivity contribution in [1.29, 1.82) is 0 Å². The fourth-order valence-electron chi connectivity index (χ4n) is 3.19. The van der Waals surface area contributed by atoms with Crippen molar-refractivity contribution in [3.63, 3.8) is 0 Å². The van der Waals surface area contributed by atoms with Crippen molar-refractivity contribution in [3.8, 4) is 23.0 Å². The molecule has 0 bridgehead atoms. The standard InChI is InChI=1S/C25H28ClNO5S2/c1-3-4-5-6-11-30-18-7-9-19(10-8-18)31-12-13-32-23-20(26)14-17(15-21(23)29-2)16-22-24(28)27-25(33)34-22/h7-10,14-16H,3-6,11-13H2,1-2H3,(H,27,28,33)/b22-16+. The molecule has 0 atom stereocenters. The van der Waals surface area contributed by atoms with Crippen LogP contribution in [-0.4, -0.2) is 37.2 Å². The number of thioether (sulfide) groups is 1. The van der Waals surface area contributed by atoms with Gasteiger partial charge in [0.2, 0.25) is 0 Å². The van der Waals surface area contributed by atoms with Crippen LogP contribution in [0.4, 0.5) is 0 Å². The van der Waals surface area contributed by atoms with Crippen LogP contribution in [0.3, 0.4) is 0 Å². The summed E-state index contributed by atoms with van der Waals surface area (Å²) in [6, 6.07) is 11.0. The Labute approximate surface area is 214 Å². The molecule has 2 aromatic carbocycles. The minimum absolute atomic E-state index is 0.228. The molecule has 0 unspecified atom stereocenters. The van der Waals surface area contributed by atoms with Gasteiger partial charge in [0, 0.05) is 0 Å². The van der Waals surface area contributed by atoms with Gasteiger partial charge in [-0.15, -0.1) is 0 Å². The first-order chi connectivity index (χ1) is 16.5. The van der Waals surface area contributed by atoms with E-state index in [0.29, 0.717) is 37.9 Å². The second-order valence-electron chi connectivity index (χ2n) is 7.46. The van der Waals surface area contributed by atoms with Gasteiger partial charge in [-0.2, -0.15) is 0 Å². The average Bonchev–Trinajstić information content (AvgIpc) is 3.14. The van der Waals surface area contributed by atoms with Gasteiger partial charge >= 0.3 is 0 Å². The van der Waals surface area contributed by atoms with Gasteiger partial charge in [0.1, 0.15) is 29.0 Å². The zero-order valence-corrected chi connectivity index (χ0v) is 21.6. The van der Waals surface area contributed by atoms with Crippen LogP contribution in [0, 0.1) is 0 Å². The molecule has 3 rings (SSSR count). The van der Waals surface area contributed by atoms with E-state index in [-0.39, 0.29) is 12.5 Å². The first-order valence-electron chi connectivity index (χ1n) is 11.1. The largest absolute Gasteiger partial charge is 0.494 e. The number of hydrogen-bond donors (Lipinski definition) is 1. The predicted octanol–water partition coefficient (Wildman–Crippen LogP) is 6.25. The Morgan fingerprint density at radius 3 is 2.29 bits per heavy atom. The van der Waals surface area contributed by atoms with Crippen molar-refractivity contribution < 1.29 is 23.7 Å². The molecule has 1 heterocycles. The lowest BCUT2D eigenvalue weighted by Crippen LogP contribution is -2.17. The van der Waals surface area contributed by atoms with Crippen LogP contribution in [0.5, 0.6) is 23.0 Å². The van der Waals surface area contributed by atoms with Gasteiger partial charge in [0.15, 0.2) is 11.5 Å². The van der Waals surface area contributed by atoms with Gasteiger partial charge in [-0.1, -0.05) is 61.8 Å². The molecule has 182 valence electrons. The highest BCUT2D eigenvalue weighted by molar-refractivity contribution is 8.26. The summed E-state index contributed by atoms with van der Waals surface area (Å²) in [5.74, 6) is 2.22. The first-order valence-corrected chi connectivity index (χ1v) is 12.7. The lowest BCUT2D eigenvalue weighted by molar-refractivity contribution is -0.115. The van der Waals surface area contributed by atoms with E-state index in [2.05, 4.69) is 12.2 Å². The highest BCUT2D eigenvalue weighted by atomic mass is 35.5. The number of rotatable bonds is 13. The summed E-state index contributed by atoms with van der Waals surface area (Å²) in [4.78, 5) is 12.4. The van der Waals surface area contributed by atoms with E-state index < -0.39 is 0 Å². The zero-order chi connectivity index (χ0) is 24.3. The van der Waals surface area contributed by atoms with Gasteiger partial charge in [-0.25, -0.2) is 0 Å². The lowest BCUT2D eigenvalue weighted by Gasteiger charge is -2.14. The molecule has 1 N–H and O–H groups in total. The SMILES string of the molecule is CCCCCCOc1ccc(OCCOc2c(Cl)cc(/C=C3/SC(=S)NC3=O)cc2OC)cc1. The van der Waals surface area contributed by atoms with Gasteiger partial charge in [-0.05, 0) is 54.5 Å². The summed E-state index contributed by atoms with van der Waals surface area (Å²) < 4.78 is 23.2. The van der Waals surface area contributed by atoms with Crippen LogP contribution < -0.4 is 24.3 Å². The number of thiocarbonyl (C=S) groups is 1. The minimum Gasteiger partial charge on any atom is -0.494 e. The first kappa shape index (κ1) is 26.2. The van der Waals surface area contributed by atoms with E-state index in [1.165, 1.54) is 38.1 Å². The summed E-state index contributed by atoms with van der Waals surface area (Å²) in [6.45, 7) is 3.53. The summed E-state index contributed by atoms with van der Waals surface area (Å²) in [6.07, 6.45) is 6.42. The van der Waals surface area contributed by atoms with E-state index in [0.717, 1.165) is 24.5 Å². The third kappa shape index (κ3) is 7.82. The number of amides is 1. The Balaban J connectivity index is 1.49. The quantitative estimate of drug-likeness (QED) is 0.190. The van der Waals surface area contributed by atoms with E-state index in [1.807, 2.05) is 24.3 Å². The Kier molecular flexibility index (Phi) is 10.4. The zero-order valence-electron chi connectivity index (χ0n) is 19.2. The Hall–Kier alpha value is -2.42. The number of methoxy groups -OCH3 is 1. The van der Waals surface area contributed by atoms with Gasteiger partial charge in [-0.3, -0.25) is 4.79 Å². The molecule has 0 saturated carbocycles. The molecule has 1 amide bonds. The summed E-state index contributed by atoms with van der Waals surface area (Å²) in [5, 5.41) is 2.96. The third-order valence-electron chi connectivity index (χ3n) is 4.88. The molecule has 34 heavy (non-hydrogen) atoms. The molecule has 1 fully saturated rings. The number of carbonyl (C=O) groups excluding carboxylic acids is 1. The Bertz CT molecular complexity index is 1030. The lowest BCUT2D eigenvalue weighted by atomic mass is 10.2. The van der Waals surface area contributed by atoms with Crippen molar-refractivity contribution in [2.75, 3.05) is 26.9 Å². The molecule has 1 aliphatic rings. The van der Waals surface area contributed by atoms with Crippen LogP contribution in [0.25, 0.3) is 6.08 Å². The maximum absolute atomic E-state index is 11.9. The Morgan fingerprint density at radius 1 is 1.00 bits per heavy atom. The molecular formula is C25H28ClNO5S2. The number of nitrogens with one attached hydrogen (secondary N) is 1. The molecule has 9 heteroatoms. The van der Waals surface area contributed by atoms with Crippen molar-refractivity contribution >= 4 is 51.9 Å². The number of ether oxygens (including phenoxy) is 4. The van der Waals surface area contributed by atoms with Crippen molar-refractivity contribution in [3.05, 3.63) is 51.9 Å². The molecule has 1 aliphatic heterocycles. The molecule has 0 radical (unpaired) electrons. The van der Waals surface area contributed by atoms with Crippen molar-refractivity contribution in [2.24, 2.45) is 0 Å². The average molecular weight is 522 g/mol. The topological polar surface area (TPSA) is 66.0 Å². The summed E-state index contributed by atoms with van der Waals surface area (Å²) >= 11 is 12.6. The van der Waals surface area contributed by atoms with Crippen LogP contribution in [0.1, 0.15) is 38.2 Å². The fraction of sp³-hybridized carbons (Fsp3) is 0.360. The molecule has 6 nitrogen and oxygen atoms in total. The van der Waals surface area contributed by atoms with Crippen molar-refractivity contribution in [1.82, 2.24) is 5.32 Å². The van der Waals surface area contributed by atoms with Crippen LogP contribution >= 0.6 is 35.6 Å². The second-order valence-corrected chi connectivity index (χ2v) is 9.59. The smallest absolute Gasteiger partial charge is 0.263 e. The van der Waals surface area contributed by atoms with Gasteiger partial charge in [0.25, 0.3) is 5.91 Å². The van der Waals surface area contributed by atoms with Crippen molar-refractivity contribution in [2.45, 2.75) is 32.6 Å². The van der Waals surface area contributed by atoms with E-state index in [4.69, 9.17) is 42.8 Å². The summed E-state index contributed by atoms with van der Waals surface area (Å²) in [7, 11) is 1.53. The maximum Gasteiger partial charge on any atom is 0.263 e. The maximum atomic E-state index is 11.9. The van der Waals surface area contributed by atoms with Gasteiger partial charge in [0.05, 0.1) is 23.6 Å². The predicted molar refractivity (Wildman–Crippen MR) is 141 cm³/mol. The number of halogens is 1. The minimum atomic E-state index is -0.228. The highest BCUT2D eigenvalue weighted by Gasteiger charge is 2.22. The second kappa shape index (κ2) is 13.5.